The molecule has 0 spiro atoms. The molecule has 0 unspecified atom stereocenters. The van der Waals surface area contributed by atoms with Crippen molar-refractivity contribution in [1.29, 1.82) is 0 Å². The van der Waals surface area contributed by atoms with Gasteiger partial charge in [-0.15, -0.1) is 0 Å². The fraction of sp³-hybridized carbons (Fsp3) is 0.364. The summed E-state index contributed by atoms with van der Waals surface area (Å²) in [6.45, 7) is 0. The van der Waals surface area contributed by atoms with Crippen LogP contribution >= 0.6 is 0 Å². The maximum atomic E-state index is 11.7. The van der Waals surface area contributed by atoms with Crippen molar-refractivity contribution in [2.24, 2.45) is 0 Å². The van der Waals surface area contributed by atoms with E-state index in [0.717, 1.165) is 11.4 Å². The number of hydrogen-bond donors (Lipinski definition) is 1. The van der Waals surface area contributed by atoms with Gasteiger partial charge in [0.2, 0.25) is 0 Å². The second-order valence-electron chi connectivity index (χ2n) is 3.54. The highest BCUT2D eigenvalue weighted by molar-refractivity contribution is 5.91. The van der Waals surface area contributed by atoms with E-state index in [0.29, 0.717) is 0 Å². The lowest BCUT2D eigenvalue weighted by Crippen LogP contribution is -2.36. The Hall–Kier alpha value is -1.71. The first-order chi connectivity index (χ1) is 7.06. The van der Waals surface area contributed by atoms with E-state index in [9.17, 15) is 4.79 Å². The fourth-order valence-electron chi connectivity index (χ4n) is 1.28. The molecule has 1 aromatic rings. The molecule has 0 fully saturated rings. The summed E-state index contributed by atoms with van der Waals surface area (Å²) in [7, 11) is 7.09. The Morgan fingerprint density at radius 1 is 1.27 bits per heavy atom. The van der Waals surface area contributed by atoms with Crippen LogP contribution in [-0.2, 0) is 0 Å². The van der Waals surface area contributed by atoms with Crippen LogP contribution in [0.2, 0.25) is 0 Å². The molecule has 4 nitrogen and oxygen atoms in total. The van der Waals surface area contributed by atoms with Crippen molar-refractivity contribution in [2.45, 2.75) is 0 Å². The predicted molar refractivity (Wildman–Crippen MR) is 63.5 cm³/mol. The summed E-state index contributed by atoms with van der Waals surface area (Å²) >= 11 is 0. The van der Waals surface area contributed by atoms with Crippen LogP contribution in [-0.4, -0.2) is 39.1 Å². The minimum Gasteiger partial charge on any atom is -0.388 e. The quantitative estimate of drug-likeness (QED) is 0.803. The normalized spacial score (nSPS) is 9.60. The zero-order valence-electron chi connectivity index (χ0n) is 9.61. The number of carbonyl (C=O) groups is 1. The highest BCUT2D eigenvalue weighted by atomic mass is 16.2. The Morgan fingerprint density at radius 2 is 1.93 bits per heavy atom. The molecule has 0 saturated carbocycles. The van der Waals surface area contributed by atoms with Gasteiger partial charge in [0.15, 0.2) is 0 Å². The first kappa shape index (κ1) is 11.4. The van der Waals surface area contributed by atoms with E-state index < -0.39 is 0 Å². The number of nitrogens with zero attached hydrogens (tertiary/aromatic N) is 2. The highest BCUT2D eigenvalue weighted by Gasteiger charge is 2.12. The zero-order chi connectivity index (χ0) is 11.4. The van der Waals surface area contributed by atoms with Gasteiger partial charge < -0.3 is 10.2 Å². The van der Waals surface area contributed by atoms with E-state index in [4.69, 9.17) is 0 Å². The third kappa shape index (κ3) is 2.62. The lowest BCUT2D eigenvalue weighted by Gasteiger charge is -2.22. The monoisotopic (exact) mass is 207 g/mol. The Kier molecular flexibility index (Phi) is 3.55. The van der Waals surface area contributed by atoms with Crippen LogP contribution < -0.4 is 10.2 Å². The van der Waals surface area contributed by atoms with Crippen molar-refractivity contribution >= 4 is 17.4 Å². The number of hydrogen-bond acceptors (Lipinski definition) is 2. The Morgan fingerprint density at radius 3 is 2.47 bits per heavy atom. The van der Waals surface area contributed by atoms with E-state index in [-0.39, 0.29) is 6.03 Å². The van der Waals surface area contributed by atoms with Gasteiger partial charge in [-0.25, -0.2) is 4.79 Å². The summed E-state index contributed by atoms with van der Waals surface area (Å²) in [5.41, 5.74) is 1.87. The van der Waals surface area contributed by atoms with Crippen molar-refractivity contribution in [3.63, 3.8) is 0 Å². The largest absolute Gasteiger partial charge is 0.388 e. The van der Waals surface area contributed by atoms with Crippen molar-refractivity contribution in [1.82, 2.24) is 4.90 Å². The molecular formula is C11H17N3O. The molecule has 0 aliphatic heterocycles. The van der Waals surface area contributed by atoms with Gasteiger partial charge in [-0.05, 0) is 18.2 Å². The van der Waals surface area contributed by atoms with Gasteiger partial charge in [0.05, 0.1) is 0 Å². The predicted octanol–water partition coefficient (Wildman–Crippen LogP) is 1.85. The number of benzene rings is 1. The third-order valence-corrected chi connectivity index (χ3v) is 2.19. The minimum absolute atomic E-state index is 0.0387. The molecule has 0 aliphatic rings. The molecule has 0 atom stereocenters. The summed E-state index contributed by atoms with van der Waals surface area (Å²) in [6.07, 6.45) is 0. The second-order valence-corrected chi connectivity index (χ2v) is 3.54. The Bertz CT molecular complexity index is 349. The van der Waals surface area contributed by atoms with Crippen molar-refractivity contribution in [2.75, 3.05) is 38.4 Å². The fourth-order valence-corrected chi connectivity index (χ4v) is 1.28. The highest BCUT2D eigenvalue weighted by Crippen LogP contribution is 2.18. The van der Waals surface area contributed by atoms with E-state index in [1.165, 1.54) is 0 Å². The standard InChI is InChI=1S/C11H17N3O/c1-12-9-6-5-7-10(8-9)14(4)11(15)13(2)3/h5-8,12H,1-4H3. The molecule has 0 radical (unpaired) electrons. The molecule has 0 aliphatic carbocycles. The van der Waals surface area contributed by atoms with Gasteiger partial charge in [0, 0.05) is 39.6 Å². The van der Waals surface area contributed by atoms with Gasteiger partial charge in [-0.3, -0.25) is 4.90 Å². The van der Waals surface area contributed by atoms with Crippen LogP contribution in [0.3, 0.4) is 0 Å². The topological polar surface area (TPSA) is 35.6 Å². The number of urea groups is 1. The number of nitrogens with one attached hydrogen (secondary N) is 1. The average molecular weight is 207 g/mol. The van der Waals surface area contributed by atoms with Crippen LogP contribution in [0, 0.1) is 0 Å². The molecule has 15 heavy (non-hydrogen) atoms. The molecule has 82 valence electrons. The van der Waals surface area contributed by atoms with Crippen LogP contribution in [0.5, 0.6) is 0 Å². The molecule has 2 amide bonds. The number of rotatable bonds is 2. The SMILES string of the molecule is CNc1cccc(N(C)C(=O)N(C)C)c1. The molecule has 1 rings (SSSR count). The minimum atomic E-state index is -0.0387. The number of amides is 2. The molecule has 4 heteroatoms. The average Bonchev–Trinajstić information content (AvgIpc) is 2.27. The van der Waals surface area contributed by atoms with Crippen LogP contribution in [0.4, 0.5) is 16.2 Å². The molecule has 1 N–H and O–H groups in total. The van der Waals surface area contributed by atoms with Crippen molar-refractivity contribution < 1.29 is 4.79 Å². The van der Waals surface area contributed by atoms with Crippen molar-refractivity contribution in [3.05, 3.63) is 24.3 Å². The Labute approximate surface area is 90.5 Å². The van der Waals surface area contributed by atoms with Crippen LogP contribution in [0.1, 0.15) is 0 Å². The van der Waals surface area contributed by atoms with Crippen molar-refractivity contribution in [3.8, 4) is 0 Å². The summed E-state index contributed by atoms with van der Waals surface area (Å²) in [6, 6.07) is 7.67. The smallest absolute Gasteiger partial charge is 0.323 e. The van der Waals surface area contributed by atoms with E-state index in [2.05, 4.69) is 5.32 Å². The maximum Gasteiger partial charge on any atom is 0.323 e. The molecular weight excluding hydrogens is 190 g/mol. The first-order valence-corrected chi connectivity index (χ1v) is 4.79. The van der Waals surface area contributed by atoms with E-state index in [1.54, 1.807) is 30.9 Å². The molecule has 0 saturated heterocycles. The van der Waals surface area contributed by atoms with Gasteiger partial charge in [0.1, 0.15) is 0 Å². The number of anilines is 2. The summed E-state index contributed by atoms with van der Waals surface area (Å²) in [5.74, 6) is 0. The second kappa shape index (κ2) is 4.68. The number of carbonyl (C=O) groups excluding carboxylic acids is 1. The van der Waals surface area contributed by atoms with Gasteiger partial charge in [0.25, 0.3) is 0 Å². The van der Waals surface area contributed by atoms with Crippen LogP contribution in [0.25, 0.3) is 0 Å². The zero-order valence-corrected chi connectivity index (χ0v) is 9.61. The summed E-state index contributed by atoms with van der Waals surface area (Å²) in [5, 5.41) is 3.04. The van der Waals surface area contributed by atoms with E-state index in [1.807, 2.05) is 31.3 Å². The molecule has 0 aromatic heterocycles. The first-order valence-electron chi connectivity index (χ1n) is 4.79. The summed E-state index contributed by atoms with van der Waals surface area (Å²) in [4.78, 5) is 14.8. The lowest BCUT2D eigenvalue weighted by atomic mass is 10.2. The van der Waals surface area contributed by atoms with E-state index >= 15 is 0 Å². The lowest BCUT2D eigenvalue weighted by molar-refractivity contribution is 0.225. The van der Waals surface area contributed by atoms with Gasteiger partial charge in [-0.1, -0.05) is 6.07 Å². The van der Waals surface area contributed by atoms with Crippen LogP contribution in [0.15, 0.2) is 24.3 Å². The molecule has 1 aromatic carbocycles. The third-order valence-electron chi connectivity index (χ3n) is 2.19. The molecule has 0 heterocycles. The maximum absolute atomic E-state index is 11.7. The molecule has 0 bridgehead atoms. The summed E-state index contributed by atoms with van der Waals surface area (Å²) < 4.78 is 0. The Balaban J connectivity index is 2.90. The van der Waals surface area contributed by atoms with Gasteiger partial charge >= 0.3 is 6.03 Å². The van der Waals surface area contributed by atoms with Gasteiger partial charge in [-0.2, -0.15) is 0 Å².